The average molecular weight is 467 g/mol. The quantitative estimate of drug-likeness (QED) is 0.418. The summed E-state index contributed by atoms with van der Waals surface area (Å²) in [5, 5.41) is 15.3. The smallest absolute Gasteiger partial charge is 0.416 e. The number of alkyl halides is 3. The van der Waals surface area contributed by atoms with E-state index < -0.39 is 11.7 Å². The van der Waals surface area contributed by atoms with Gasteiger partial charge in [0.1, 0.15) is 5.75 Å². The molecule has 2 aromatic carbocycles. The fourth-order valence-electron chi connectivity index (χ4n) is 3.27. The van der Waals surface area contributed by atoms with Crippen molar-refractivity contribution in [3.8, 4) is 17.4 Å². The lowest BCUT2D eigenvalue weighted by Gasteiger charge is -2.09. The number of carbonyl (C=O) groups is 1. The molecule has 0 atom stereocenters. The molecule has 0 saturated carbocycles. The summed E-state index contributed by atoms with van der Waals surface area (Å²) in [6.07, 6.45) is -4.45. The number of benzene rings is 2. The number of rotatable bonds is 6. The molecule has 0 aliphatic rings. The third kappa shape index (κ3) is 5.58. The van der Waals surface area contributed by atoms with Gasteiger partial charge in [0.2, 0.25) is 11.8 Å². The van der Waals surface area contributed by atoms with Gasteiger partial charge in [0.15, 0.2) is 5.82 Å². The summed E-state index contributed by atoms with van der Waals surface area (Å²) in [7, 11) is 0. The fourth-order valence-corrected chi connectivity index (χ4v) is 3.27. The van der Waals surface area contributed by atoms with E-state index in [0.717, 1.165) is 23.5 Å². The summed E-state index contributed by atoms with van der Waals surface area (Å²) >= 11 is 0. The normalized spacial score (nSPS) is 11.3. The van der Waals surface area contributed by atoms with Gasteiger partial charge in [-0.25, -0.2) is 4.68 Å². The van der Waals surface area contributed by atoms with Crippen LogP contribution < -0.4 is 10.1 Å². The molecule has 1 amide bonds. The van der Waals surface area contributed by atoms with Crippen LogP contribution in [0.2, 0.25) is 0 Å². The number of aryl methyl sites for hydroxylation is 2. The highest BCUT2D eigenvalue weighted by Crippen LogP contribution is 2.29. The molecule has 0 fully saturated rings. The summed E-state index contributed by atoms with van der Waals surface area (Å²) < 4.78 is 45.3. The predicted octanol–water partition coefficient (Wildman–Crippen LogP) is 5.27. The highest BCUT2D eigenvalue weighted by molar-refractivity contribution is 5.92. The minimum absolute atomic E-state index is 0.0480. The standard InChI is InChI=1S/C24H20F3N5O2/c1-15-13-16(2)32(31-15)21-11-12-23(30-29-21)34-20-9-7-19(8-10-20)28-22(33)14-17-3-5-18(6-4-17)24(25,26)27/h3-13H,14H2,1-2H3,(H,28,33). The molecule has 2 heterocycles. The van der Waals surface area contributed by atoms with Crippen molar-refractivity contribution in [1.82, 2.24) is 20.0 Å². The molecule has 0 unspecified atom stereocenters. The fraction of sp³-hybridized carbons (Fsp3) is 0.167. The number of carbonyl (C=O) groups excluding carboxylic acids is 1. The van der Waals surface area contributed by atoms with Gasteiger partial charge >= 0.3 is 6.18 Å². The Morgan fingerprint density at radius 3 is 2.24 bits per heavy atom. The summed E-state index contributed by atoms with van der Waals surface area (Å²) in [4.78, 5) is 12.2. The van der Waals surface area contributed by atoms with Gasteiger partial charge in [-0.15, -0.1) is 10.2 Å². The second-order valence-corrected chi connectivity index (χ2v) is 7.61. The van der Waals surface area contributed by atoms with Crippen LogP contribution in [0, 0.1) is 13.8 Å². The Balaban J connectivity index is 1.33. The van der Waals surface area contributed by atoms with Gasteiger partial charge in [-0.05, 0) is 67.9 Å². The first-order valence-electron chi connectivity index (χ1n) is 10.3. The van der Waals surface area contributed by atoms with Crippen LogP contribution in [0.3, 0.4) is 0 Å². The van der Waals surface area contributed by atoms with E-state index in [4.69, 9.17) is 4.74 Å². The molecule has 0 aliphatic carbocycles. The Hall–Kier alpha value is -4.21. The van der Waals surface area contributed by atoms with Crippen LogP contribution in [0.25, 0.3) is 5.82 Å². The third-order valence-electron chi connectivity index (χ3n) is 4.86. The number of ether oxygens (including phenoxy) is 1. The second kappa shape index (κ2) is 9.34. The Bertz CT molecular complexity index is 1280. The number of nitrogens with one attached hydrogen (secondary N) is 1. The van der Waals surface area contributed by atoms with Gasteiger partial charge in [-0.1, -0.05) is 12.1 Å². The second-order valence-electron chi connectivity index (χ2n) is 7.61. The van der Waals surface area contributed by atoms with Gasteiger partial charge in [0.25, 0.3) is 0 Å². The minimum Gasteiger partial charge on any atom is -0.438 e. The highest BCUT2D eigenvalue weighted by atomic mass is 19.4. The van der Waals surface area contributed by atoms with Crippen molar-refractivity contribution in [3.05, 3.63) is 89.2 Å². The predicted molar refractivity (Wildman–Crippen MR) is 119 cm³/mol. The van der Waals surface area contributed by atoms with E-state index >= 15 is 0 Å². The maximum Gasteiger partial charge on any atom is 0.416 e. The van der Waals surface area contributed by atoms with Gasteiger partial charge in [0, 0.05) is 17.4 Å². The van der Waals surface area contributed by atoms with Crippen molar-refractivity contribution in [2.75, 3.05) is 5.32 Å². The number of nitrogens with zero attached hydrogens (tertiary/aromatic N) is 4. The van der Waals surface area contributed by atoms with Gasteiger partial charge in [0.05, 0.1) is 17.7 Å². The lowest BCUT2D eigenvalue weighted by Crippen LogP contribution is -2.14. The van der Waals surface area contributed by atoms with Crippen LogP contribution >= 0.6 is 0 Å². The van der Waals surface area contributed by atoms with Crippen molar-refractivity contribution in [2.24, 2.45) is 0 Å². The van der Waals surface area contributed by atoms with E-state index in [0.29, 0.717) is 28.7 Å². The van der Waals surface area contributed by atoms with Crippen LogP contribution in [-0.2, 0) is 17.4 Å². The van der Waals surface area contributed by atoms with E-state index in [1.807, 2.05) is 19.9 Å². The molecule has 4 rings (SSSR count). The van der Waals surface area contributed by atoms with E-state index in [1.165, 1.54) is 12.1 Å². The molecule has 1 N–H and O–H groups in total. The molecule has 2 aromatic heterocycles. The zero-order valence-electron chi connectivity index (χ0n) is 18.3. The molecule has 7 nitrogen and oxygen atoms in total. The van der Waals surface area contributed by atoms with Gasteiger partial charge in [-0.2, -0.15) is 18.3 Å². The number of anilines is 1. The summed E-state index contributed by atoms with van der Waals surface area (Å²) in [6.45, 7) is 3.82. The first-order valence-corrected chi connectivity index (χ1v) is 10.3. The van der Waals surface area contributed by atoms with E-state index in [1.54, 1.807) is 41.1 Å². The Morgan fingerprint density at radius 1 is 0.971 bits per heavy atom. The third-order valence-corrected chi connectivity index (χ3v) is 4.86. The molecule has 0 radical (unpaired) electrons. The van der Waals surface area contributed by atoms with E-state index in [-0.39, 0.29) is 12.3 Å². The Labute approximate surface area is 193 Å². The van der Waals surface area contributed by atoms with E-state index in [9.17, 15) is 18.0 Å². The Kier molecular flexibility index (Phi) is 6.31. The SMILES string of the molecule is Cc1cc(C)n(-c2ccc(Oc3ccc(NC(=O)Cc4ccc(C(F)(F)F)cc4)cc3)nn2)n1. The monoisotopic (exact) mass is 467 g/mol. The first kappa shape index (κ1) is 23.0. The van der Waals surface area contributed by atoms with Crippen LogP contribution in [0.5, 0.6) is 11.6 Å². The minimum atomic E-state index is -4.41. The molecule has 0 spiro atoms. The zero-order chi connectivity index (χ0) is 24.3. The number of halogens is 3. The molecular weight excluding hydrogens is 447 g/mol. The summed E-state index contributed by atoms with van der Waals surface area (Å²) in [6, 6.07) is 16.5. The van der Waals surface area contributed by atoms with Crippen molar-refractivity contribution in [1.29, 1.82) is 0 Å². The molecule has 4 aromatic rings. The first-order chi connectivity index (χ1) is 16.2. The Morgan fingerprint density at radius 2 is 1.68 bits per heavy atom. The van der Waals surface area contributed by atoms with Crippen LogP contribution in [0.1, 0.15) is 22.5 Å². The number of hydrogen-bond acceptors (Lipinski definition) is 5. The molecule has 10 heteroatoms. The largest absolute Gasteiger partial charge is 0.438 e. The maximum atomic E-state index is 12.6. The van der Waals surface area contributed by atoms with E-state index in [2.05, 4.69) is 20.6 Å². The lowest BCUT2D eigenvalue weighted by atomic mass is 10.1. The number of amides is 1. The molecule has 0 bridgehead atoms. The van der Waals surface area contributed by atoms with Crippen LogP contribution in [0.4, 0.5) is 18.9 Å². The summed E-state index contributed by atoms with van der Waals surface area (Å²) in [5.41, 5.74) is 2.07. The zero-order valence-corrected chi connectivity index (χ0v) is 18.3. The topological polar surface area (TPSA) is 81.9 Å². The average Bonchev–Trinajstić information content (AvgIpc) is 3.13. The summed E-state index contributed by atoms with van der Waals surface area (Å²) in [5.74, 6) is 1.02. The maximum absolute atomic E-state index is 12.6. The molecule has 0 aliphatic heterocycles. The molecule has 174 valence electrons. The van der Waals surface area contributed by atoms with Gasteiger partial charge in [-0.3, -0.25) is 4.79 Å². The lowest BCUT2D eigenvalue weighted by molar-refractivity contribution is -0.137. The van der Waals surface area contributed by atoms with Gasteiger partial charge < -0.3 is 10.1 Å². The van der Waals surface area contributed by atoms with Crippen molar-refractivity contribution in [2.45, 2.75) is 26.4 Å². The number of hydrogen-bond donors (Lipinski definition) is 1. The van der Waals surface area contributed by atoms with Crippen LogP contribution in [-0.4, -0.2) is 25.9 Å². The molecule has 34 heavy (non-hydrogen) atoms. The molecule has 0 saturated heterocycles. The number of aromatic nitrogens is 4. The molecular formula is C24H20F3N5O2. The highest BCUT2D eigenvalue weighted by Gasteiger charge is 2.29. The van der Waals surface area contributed by atoms with Crippen molar-refractivity contribution in [3.63, 3.8) is 0 Å². The van der Waals surface area contributed by atoms with Crippen LogP contribution in [0.15, 0.2) is 66.7 Å². The van der Waals surface area contributed by atoms with Crippen molar-refractivity contribution >= 4 is 11.6 Å². The van der Waals surface area contributed by atoms with Crippen molar-refractivity contribution < 1.29 is 22.7 Å².